The number of aliphatic hydroxyl groups excluding tert-OH is 16. The predicted octanol–water partition coefficient (Wildman–Crippen LogP) is -1.04. The van der Waals surface area contributed by atoms with Gasteiger partial charge in [0, 0.05) is 26.7 Å². The Labute approximate surface area is 627 Å². The van der Waals surface area contributed by atoms with Crippen LogP contribution in [0.5, 0.6) is 0 Å². The van der Waals surface area contributed by atoms with E-state index in [0.717, 1.165) is 71.6 Å². The zero-order valence-electron chi connectivity index (χ0n) is 62.8. The van der Waals surface area contributed by atoms with Crippen LogP contribution in [0.4, 0.5) is 0 Å². The van der Waals surface area contributed by atoms with E-state index < -0.39 is 235 Å². The molecule has 5 rings (SSSR count). The lowest BCUT2D eigenvalue weighted by molar-refractivity contribution is -0.403. The number of nitrogens with one attached hydrogen (secondary N) is 3. The number of hydrogen-bond acceptors (Lipinski definition) is 30. The van der Waals surface area contributed by atoms with E-state index in [4.69, 9.17) is 47.4 Å². The maximum absolute atomic E-state index is 13.8. The van der Waals surface area contributed by atoms with Crippen molar-refractivity contribution in [2.45, 2.75) is 385 Å². The molecule has 5 saturated heterocycles. The number of aliphatic carboxylic acids is 1. The van der Waals surface area contributed by atoms with Crippen LogP contribution >= 0.6 is 0 Å². The minimum Gasteiger partial charge on any atom is -0.477 e. The molecule has 0 aromatic heterocycles. The summed E-state index contributed by atoms with van der Waals surface area (Å²) in [4.78, 5) is 53.0. The van der Waals surface area contributed by atoms with Crippen LogP contribution in [-0.4, -0.2) is 321 Å². The number of amides is 3. The van der Waals surface area contributed by atoms with Crippen molar-refractivity contribution in [3.63, 3.8) is 0 Å². The third-order valence-corrected chi connectivity index (χ3v) is 20.6. The Morgan fingerprint density at radius 3 is 1.44 bits per heavy atom. The number of unbranched alkanes of at least 4 members (excludes halogenated alkanes) is 25. The lowest BCUT2D eigenvalue weighted by atomic mass is 9.88. The zero-order valence-corrected chi connectivity index (χ0v) is 62.8. The maximum atomic E-state index is 13.8. The molecule has 107 heavy (non-hydrogen) atoms. The van der Waals surface area contributed by atoms with Gasteiger partial charge in [-0.15, -0.1) is 0 Å². The lowest BCUT2D eigenvalue weighted by Crippen LogP contribution is -2.72. The van der Waals surface area contributed by atoms with Crippen molar-refractivity contribution in [1.82, 2.24) is 16.0 Å². The average Bonchev–Trinajstić information content (AvgIpc) is 0.750. The highest BCUT2D eigenvalue weighted by atomic mass is 16.8. The largest absolute Gasteiger partial charge is 0.477 e. The number of ether oxygens (including phenoxy) is 10. The Kier molecular flexibility index (Phi) is 44.0. The van der Waals surface area contributed by atoms with Gasteiger partial charge < -0.3 is 150 Å². The summed E-state index contributed by atoms with van der Waals surface area (Å²) in [5.74, 6) is -7.71. The number of carbonyl (C=O) groups is 4. The molecule has 0 bridgehead atoms. The Hall–Kier alpha value is -3.42. The van der Waals surface area contributed by atoms with Crippen LogP contribution in [0, 0.1) is 0 Å². The van der Waals surface area contributed by atoms with Gasteiger partial charge in [-0.05, 0) is 19.3 Å². The molecule has 0 aromatic carbocycles. The third kappa shape index (κ3) is 29.2. The Balaban J connectivity index is 1.40. The van der Waals surface area contributed by atoms with Crippen LogP contribution in [0.2, 0.25) is 0 Å². The Morgan fingerprint density at radius 1 is 0.486 bits per heavy atom. The van der Waals surface area contributed by atoms with Gasteiger partial charge in [0.05, 0.1) is 63.9 Å². The van der Waals surface area contributed by atoms with Crippen LogP contribution in [-0.2, 0) is 66.5 Å². The fraction of sp³-hybridized carbons (Fsp3) is 0.918. The Morgan fingerprint density at radius 2 is 0.925 bits per heavy atom. The lowest BCUT2D eigenvalue weighted by Gasteiger charge is -2.52. The molecule has 5 fully saturated rings. The molecular formula is C73H131N3O31. The van der Waals surface area contributed by atoms with Crippen LogP contribution in [0.15, 0.2) is 12.2 Å². The number of aliphatic hydroxyl groups is 16. The summed E-state index contributed by atoms with van der Waals surface area (Å²) in [6, 6.07) is -4.81. The van der Waals surface area contributed by atoms with Gasteiger partial charge in [-0.1, -0.05) is 180 Å². The zero-order chi connectivity index (χ0) is 78.8. The van der Waals surface area contributed by atoms with Gasteiger partial charge in [0.2, 0.25) is 17.7 Å². The number of carbonyl (C=O) groups excluding carboxylic acids is 3. The highest BCUT2D eigenvalue weighted by molar-refractivity contribution is 5.77. The van der Waals surface area contributed by atoms with Gasteiger partial charge in [-0.3, -0.25) is 14.4 Å². The molecule has 624 valence electrons. The first-order valence-corrected chi connectivity index (χ1v) is 39.1. The van der Waals surface area contributed by atoms with Gasteiger partial charge in [-0.25, -0.2) is 4.79 Å². The molecule has 0 saturated carbocycles. The Bertz CT molecular complexity index is 2500. The van der Waals surface area contributed by atoms with Crippen LogP contribution in [0.1, 0.15) is 214 Å². The highest BCUT2D eigenvalue weighted by Crippen LogP contribution is 2.41. The smallest absolute Gasteiger partial charge is 0.364 e. The summed E-state index contributed by atoms with van der Waals surface area (Å²) in [5.41, 5.74) is 0. The van der Waals surface area contributed by atoms with Gasteiger partial charge in [0.1, 0.15) is 116 Å². The first kappa shape index (κ1) is 94.2. The van der Waals surface area contributed by atoms with E-state index in [1.807, 2.05) is 6.08 Å². The average molecular weight is 1550 g/mol. The van der Waals surface area contributed by atoms with Crippen molar-refractivity contribution in [3.05, 3.63) is 12.2 Å². The van der Waals surface area contributed by atoms with Crippen LogP contribution in [0.3, 0.4) is 0 Å². The summed E-state index contributed by atoms with van der Waals surface area (Å²) in [7, 11) is 0. The van der Waals surface area contributed by atoms with Gasteiger partial charge in [0.15, 0.2) is 25.2 Å². The number of carboxylic acid groups (broad SMARTS) is 1. The minimum absolute atomic E-state index is 0.135. The molecule has 28 atom stereocenters. The van der Waals surface area contributed by atoms with E-state index in [-0.39, 0.29) is 12.3 Å². The fourth-order valence-corrected chi connectivity index (χ4v) is 14.3. The van der Waals surface area contributed by atoms with E-state index in [1.54, 1.807) is 6.08 Å². The summed E-state index contributed by atoms with van der Waals surface area (Å²) < 4.78 is 60.1. The topological polar surface area (TPSA) is 541 Å². The number of carboxylic acids is 1. The summed E-state index contributed by atoms with van der Waals surface area (Å²) >= 11 is 0. The molecule has 0 radical (unpaired) electrons. The minimum atomic E-state index is -3.38. The van der Waals surface area contributed by atoms with Crippen molar-refractivity contribution in [2.75, 3.05) is 39.6 Å². The second-order valence-electron chi connectivity index (χ2n) is 29.3. The maximum Gasteiger partial charge on any atom is 0.364 e. The molecule has 5 heterocycles. The normalized spacial score (nSPS) is 34.6. The summed E-state index contributed by atoms with van der Waals surface area (Å²) in [6.45, 7) is 0.317. The molecule has 20 N–H and O–H groups in total. The van der Waals surface area contributed by atoms with E-state index in [1.165, 1.54) is 103 Å². The van der Waals surface area contributed by atoms with E-state index in [9.17, 15) is 106 Å². The fourth-order valence-electron chi connectivity index (χ4n) is 14.3. The third-order valence-electron chi connectivity index (χ3n) is 20.6. The van der Waals surface area contributed by atoms with E-state index in [2.05, 4.69) is 29.8 Å². The molecule has 3 amide bonds. The quantitative estimate of drug-likeness (QED) is 0.0255. The van der Waals surface area contributed by atoms with Gasteiger partial charge in [0.25, 0.3) is 5.79 Å². The van der Waals surface area contributed by atoms with Gasteiger partial charge >= 0.3 is 5.97 Å². The van der Waals surface area contributed by atoms with Gasteiger partial charge in [-0.2, -0.15) is 0 Å². The molecular weight excluding hydrogens is 1410 g/mol. The SMILES string of the molecule is CCCCCCCCCCCCC/C=C/[C@H](O)[C@@H](CO[C@@H]1O[C@@H](CO)[C@@H](O[C@@H]2O[C@@H](CO)[C@H](O[C@@H]3O[C@@H](CO)[C@H](O)[C@H](O[C@@H]4O[C@@H](CO)[C@H](O)[C@H](O)[C@@H]4O)[C@@H]3NC(C)=O)[C@H](O[C@]3(C(=O)O)C[C@H](O)[C@H](NC(C)=O)[C@@H]([C@H](O)[C@H](O)CO)O3)[C@@H]2O)[C@H](O)[C@@H]1O)NC(=O)CCCCCCCCCCCCCCCCC. The molecule has 5 aliphatic heterocycles. The molecule has 0 spiro atoms. The molecule has 34 nitrogen and oxygen atoms in total. The molecule has 0 aliphatic carbocycles. The molecule has 34 heteroatoms. The molecule has 0 aromatic rings. The van der Waals surface area contributed by atoms with Crippen molar-refractivity contribution in [1.29, 1.82) is 0 Å². The molecule has 0 unspecified atom stereocenters. The second-order valence-corrected chi connectivity index (χ2v) is 29.3. The van der Waals surface area contributed by atoms with Crippen molar-refractivity contribution >= 4 is 23.7 Å². The van der Waals surface area contributed by atoms with Crippen molar-refractivity contribution in [2.24, 2.45) is 0 Å². The summed E-state index contributed by atoms with van der Waals surface area (Å²) in [6.07, 6.45) is -16.8. The predicted molar refractivity (Wildman–Crippen MR) is 378 cm³/mol. The summed E-state index contributed by atoms with van der Waals surface area (Å²) in [5, 5.41) is 197. The first-order chi connectivity index (χ1) is 51.3. The number of rotatable bonds is 52. The standard InChI is InChI=1S/C73H131N3O31/c1-5-7-9-11-13-15-17-19-20-22-24-26-28-30-32-34-52(87)76-44(45(84)33-31-29-27-25-23-21-18-16-14-12-10-8-6-2)41-98-69-61(94)59(92)63(50(39-80)101-69)103-71-62(95)67(107-73(72(96)97)35-46(85)53(74-42(3)82)66(106-73)55(88)47(86)36-77)64(51(40-81)102-71)104-68-54(75-43(4)83)65(57(90)49(38-79)99-68)105-70-60(93)58(91)56(89)48(37-78)100-70/h31,33,44-51,53-71,77-81,84-86,88-95H,5-30,32,34-41H2,1-4H3,(H,74,82)(H,75,83)(H,76,87)(H,96,97)/b33-31+/t44-,45+,46+,47-,48+,49+,50+,51+,53+,54+,55-,56+,57+,58+,59-,60+,61+,62+,63-,64+,65-,66+,67-,68+,69-,70+,71+,73+/m1/s1. The monoisotopic (exact) mass is 1550 g/mol. The van der Waals surface area contributed by atoms with E-state index >= 15 is 0 Å². The van der Waals surface area contributed by atoms with Crippen molar-refractivity contribution < 1.29 is 153 Å². The van der Waals surface area contributed by atoms with Crippen LogP contribution in [0.25, 0.3) is 0 Å². The number of allylic oxidation sites excluding steroid dienone is 1. The van der Waals surface area contributed by atoms with Crippen LogP contribution < -0.4 is 16.0 Å². The highest BCUT2D eigenvalue weighted by Gasteiger charge is 2.62. The van der Waals surface area contributed by atoms with E-state index in [0.29, 0.717) is 12.8 Å². The first-order valence-electron chi connectivity index (χ1n) is 39.1. The second kappa shape index (κ2) is 49.9. The molecule has 5 aliphatic rings. The number of hydrogen-bond donors (Lipinski definition) is 20. The van der Waals surface area contributed by atoms with Crippen molar-refractivity contribution in [3.8, 4) is 0 Å².